The summed E-state index contributed by atoms with van der Waals surface area (Å²) >= 11 is 0. The van der Waals surface area contributed by atoms with Gasteiger partial charge in [-0.2, -0.15) is 5.10 Å². The van der Waals surface area contributed by atoms with Crippen molar-refractivity contribution >= 4 is 17.7 Å². The highest BCUT2D eigenvalue weighted by atomic mass is 16.5. The number of hydrogen-bond donors (Lipinski definition) is 2. The maximum atomic E-state index is 12.4. The molecule has 29 heavy (non-hydrogen) atoms. The van der Waals surface area contributed by atoms with E-state index < -0.39 is 5.97 Å². The number of nitrogens with zero attached hydrogens (tertiary/aromatic N) is 3. The minimum atomic E-state index is -0.504. The van der Waals surface area contributed by atoms with E-state index in [9.17, 15) is 9.59 Å². The van der Waals surface area contributed by atoms with Crippen LogP contribution >= 0.6 is 0 Å². The van der Waals surface area contributed by atoms with Gasteiger partial charge in [-0.25, -0.2) is 9.48 Å². The van der Waals surface area contributed by atoms with Crippen molar-refractivity contribution in [2.45, 2.75) is 39.2 Å². The van der Waals surface area contributed by atoms with Crippen molar-refractivity contribution in [3.63, 3.8) is 0 Å². The molecule has 2 aromatic rings. The molecule has 1 saturated heterocycles. The molecule has 2 heterocycles. The number of ether oxygens (including phenoxy) is 1. The molecule has 1 unspecified atom stereocenters. The molecule has 0 saturated carbocycles. The van der Waals surface area contributed by atoms with Crippen LogP contribution in [0.4, 0.5) is 5.82 Å². The fourth-order valence-electron chi connectivity index (χ4n) is 3.55. The van der Waals surface area contributed by atoms with Gasteiger partial charge in [0.15, 0.2) is 0 Å². The first kappa shape index (κ1) is 20.9. The average Bonchev–Trinajstić information content (AvgIpc) is 3.38. The van der Waals surface area contributed by atoms with Gasteiger partial charge in [0.25, 0.3) is 5.91 Å². The van der Waals surface area contributed by atoms with Crippen LogP contribution in [0.25, 0.3) is 5.69 Å². The van der Waals surface area contributed by atoms with Gasteiger partial charge in [0.05, 0.1) is 18.5 Å². The molecule has 1 aromatic heterocycles. The molecular formula is C21H29N5O3. The highest BCUT2D eigenvalue weighted by Gasteiger charge is 2.19. The number of likely N-dealkylation sites (tertiary alicyclic amines) is 1. The van der Waals surface area contributed by atoms with E-state index in [1.165, 1.54) is 23.7 Å². The lowest BCUT2D eigenvalue weighted by Gasteiger charge is -2.23. The Morgan fingerprint density at radius 3 is 2.59 bits per heavy atom. The van der Waals surface area contributed by atoms with Gasteiger partial charge in [0.1, 0.15) is 11.4 Å². The smallest absolute Gasteiger partial charge is 0.343 e. The summed E-state index contributed by atoms with van der Waals surface area (Å²) in [6, 6.07) is 7.43. The minimum Gasteiger partial charge on any atom is -0.462 e. The van der Waals surface area contributed by atoms with Crippen molar-refractivity contribution < 1.29 is 14.3 Å². The lowest BCUT2D eigenvalue weighted by atomic mass is 10.1. The lowest BCUT2D eigenvalue weighted by molar-refractivity contribution is 0.0527. The molecule has 1 amide bonds. The average molecular weight is 399 g/mol. The van der Waals surface area contributed by atoms with Crippen molar-refractivity contribution in [3.8, 4) is 5.69 Å². The van der Waals surface area contributed by atoms with Gasteiger partial charge < -0.3 is 20.7 Å². The molecule has 0 radical (unpaired) electrons. The number of carbonyl (C=O) groups is 2. The van der Waals surface area contributed by atoms with E-state index >= 15 is 0 Å². The van der Waals surface area contributed by atoms with Gasteiger partial charge in [0.2, 0.25) is 0 Å². The van der Waals surface area contributed by atoms with Crippen LogP contribution in [0.2, 0.25) is 0 Å². The van der Waals surface area contributed by atoms with Crippen LogP contribution < -0.4 is 11.1 Å². The first-order chi connectivity index (χ1) is 14.0. The Morgan fingerprint density at radius 1 is 1.24 bits per heavy atom. The summed E-state index contributed by atoms with van der Waals surface area (Å²) < 4.78 is 6.42. The molecule has 1 aliphatic heterocycles. The van der Waals surface area contributed by atoms with Crippen LogP contribution in [-0.2, 0) is 4.74 Å². The topological polar surface area (TPSA) is 102 Å². The Bertz CT molecular complexity index is 841. The first-order valence-corrected chi connectivity index (χ1v) is 10.1. The maximum absolute atomic E-state index is 12.4. The van der Waals surface area contributed by atoms with E-state index in [4.69, 9.17) is 10.5 Å². The number of carbonyl (C=O) groups excluding carboxylic acids is 2. The van der Waals surface area contributed by atoms with E-state index in [0.717, 1.165) is 19.5 Å². The fraction of sp³-hybridized carbons (Fsp3) is 0.476. The third-order valence-corrected chi connectivity index (χ3v) is 5.29. The predicted octanol–water partition coefficient (Wildman–Crippen LogP) is 2.24. The predicted molar refractivity (Wildman–Crippen MR) is 111 cm³/mol. The summed E-state index contributed by atoms with van der Waals surface area (Å²) in [5.74, 6) is -0.405. The molecule has 8 nitrogen and oxygen atoms in total. The van der Waals surface area contributed by atoms with E-state index in [0.29, 0.717) is 23.8 Å². The van der Waals surface area contributed by atoms with Crippen LogP contribution in [0, 0.1) is 0 Å². The fourth-order valence-corrected chi connectivity index (χ4v) is 3.55. The molecule has 1 aliphatic rings. The molecular weight excluding hydrogens is 370 g/mol. The number of amides is 1. The third-order valence-electron chi connectivity index (χ3n) is 5.29. The standard InChI is InChI=1S/C21H29N5O3/c1-3-29-21(28)18-14-24-26(19(18)22)17-8-6-16(7-9-17)20(27)23-11-10-15(2)25-12-4-5-13-25/h6-9,14-15H,3-5,10-13,22H2,1-2H3,(H,23,27). The van der Waals surface area contributed by atoms with Crippen LogP contribution in [0.5, 0.6) is 0 Å². The van der Waals surface area contributed by atoms with Gasteiger partial charge in [-0.05, 0) is 70.5 Å². The molecule has 8 heteroatoms. The zero-order valence-corrected chi connectivity index (χ0v) is 17.1. The van der Waals surface area contributed by atoms with Crippen LogP contribution in [-0.4, -0.2) is 58.8 Å². The highest BCUT2D eigenvalue weighted by molar-refractivity contribution is 5.95. The monoisotopic (exact) mass is 399 g/mol. The number of benzene rings is 1. The number of anilines is 1. The summed E-state index contributed by atoms with van der Waals surface area (Å²) in [6.07, 6.45) is 4.86. The van der Waals surface area contributed by atoms with Crippen molar-refractivity contribution in [2.24, 2.45) is 0 Å². The van der Waals surface area contributed by atoms with Gasteiger partial charge in [-0.3, -0.25) is 4.79 Å². The van der Waals surface area contributed by atoms with E-state index in [-0.39, 0.29) is 23.9 Å². The Labute approximate surface area is 171 Å². The van der Waals surface area contributed by atoms with E-state index in [2.05, 4.69) is 22.2 Å². The van der Waals surface area contributed by atoms with Gasteiger partial charge in [0, 0.05) is 18.2 Å². The van der Waals surface area contributed by atoms with Gasteiger partial charge >= 0.3 is 5.97 Å². The Morgan fingerprint density at radius 2 is 1.93 bits per heavy atom. The lowest BCUT2D eigenvalue weighted by Crippen LogP contribution is -2.34. The summed E-state index contributed by atoms with van der Waals surface area (Å²) in [5.41, 5.74) is 7.48. The first-order valence-electron chi connectivity index (χ1n) is 10.1. The zero-order chi connectivity index (χ0) is 20.8. The maximum Gasteiger partial charge on any atom is 0.343 e. The van der Waals surface area contributed by atoms with Crippen molar-refractivity contribution in [1.29, 1.82) is 0 Å². The van der Waals surface area contributed by atoms with Crippen molar-refractivity contribution in [3.05, 3.63) is 41.6 Å². The van der Waals surface area contributed by atoms with E-state index in [1.54, 1.807) is 31.2 Å². The molecule has 3 N–H and O–H groups in total. The van der Waals surface area contributed by atoms with Gasteiger partial charge in [-0.15, -0.1) is 0 Å². The molecule has 156 valence electrons. The molecule has 0 aliphatic carbocycles. The number of nitrogens with one attached hydrogen (secondary N) is 1. The second kappa shape index (κ2) is 9.56. The van der Waals surface area contributed by atoms with Crippen molar-refractivity contribution in [1.82, 2.24) is 20.0 Å². The SMILES string of the molecule is CCOC(=O)c1cnn(-c2ccc(C(=O)NCCC(C)N3CCCC3)cc2)c1N. The summed E-state index contributed by atoms with van der Waals surface area (Å²) in [4.78, 5) is 26.7. The largest absolute Gasteiger partial charge is 0.462 e. The Balaban J connectivity index is 1.57. The quantitative estimate of drug-likeness (QED) is 0.660. The third kappa shape index (κ3) is 4.95. The zero-order valence-electron chi connectivity index (χ0n) is 17.1. The normalized spacial score (nSPS) is 15.2. The second-order valence-corrected chi connectivity index (χ2v) is 7.26. The number of rotatable bonds is 8. The number of nitrogens with two attached hydrogens (primary N) is 1. The number of esters is 1. The van der Waals surface area contributed by atoms with Crippen LogP contribution in [0.1, 0.15) is 53.8 Å². The van der Waals surface area contributed by atoms with Crippen LogP contribution in [0.3, 0.4) is 0 Å². The molecule has 0 bridgehead atoms. The number of nitrogen functional groups attached to an aromatic ring is 1. The number of aromatic nitrogens is 2. The number of hydrogen-bond acceptors (Lipinski definition) is 6. The van der Waals surface area contributed by atoms with Crippen LogP contribution in [0.15, 0.2) is 30.5 Å². The highest BCUT2D eigenvalue weighted by Crippen LogP contribution is 2.19. The minimum absolute atomic E-state index is 0.106. The van der Waals surface area contributed by atoms with Gasteiger partial charge in [-0.1, -0.05) is 0 Å². The van der Waals surface area contributed by atoms with E-state index in [1.807, 2.05) is 0 Å². The van der Waals surface area contributed by atoms with Crippen molar-refractivity contribution in [2.75, 3.05) is 32.0 Å². The molecule has 1 fully saturated rings. The Hall–Kier alpha value is -2.87. The summed E-state index contributed by atoms with van der Waals surface area (Å²) in [6.45, 7) is 7.17. The molecule has 1 aromatic carbocycles. The Kier molecular flexibility index (Phi) is 6.87. The molecule has 1 atom stereocenters. The molecule has 0 spiro atoms. The summed E-state index contributed by atoms with van der Waals surface area (Å²) in [5, 5.41) is 7.14. The molecule has 3 rings (SSSR count). The summed E-state index contributed by atoms with van der Waals surface area (Å²) in [7, 11) is 0. The second-order valence-electron chi connectivity index (χ2n) is 7.26.